The number of esters is 1. The van der Waals surface area contributed by atoms with Gasteiger partial charge in [-0.15, -0.1) is 0 Å². The Labute approximate surface area is 129 Å². The third-order valence-electron chi connectivity index (χ3n) is 3.83. The molecule has 0 bridgehead atoms. The monoisotopic (exact) mass is 304 g/mol. The second kappa shape index (κ2) is 6.34. The molecule has 0 saturated heterocycles. The molecular weight excluding hydrogens is 283 g/mol. The van der Waals surface area contributed by atoms with Crippen LogP contribution in [0.3, 0.4) is 0 Å². The molecule has 0 saturated carbocycles. The fourth-order valence-corrected chi connectivity index (χ4v) is 2.52. The molecule has 0 aliphatic rings. The van der Waals surface area contributed by atoms with Crippen molar-refractivity contribution in [2.24, 2.45) is 5.41 Å². The second-order valence-corrected chi connectivity index (χ2v) is 6.13. The number of rotatable bonds is 5. The zero-order valence-electron chi connectivity index (χ0n) is 13.1. The second-order valence-electron chi connectivity index (χ2n) is 6.13. The van der Waals surface area contributed by atoms with Gasteiger partial charge in [-0.3, -0.25) is 4.79 Å². The average Bonchev–Trinajstić information content (AvgIpc) is 2.49. The quantitative estimate of drug-likeness (QED) is 0.824. The Balaban J connectivity index is 2.22. The van der Waals surface area contributed by atoms with Crippen LogP contribution in [0.1, 0.15) is 39.2 Å². The summed E-state index contributed by atoms with van der Waals surface area (Å²) in [6.45, 7) is 5.50. The molecule has 0 fully saturated rings. The number of halogens is 1. The lowest BCUT2D eigenvalue weighted by Crippen LogP contribution is -2.26. The van der Waals surface area contributed by atoms with Crippen molar-refractivity contribution in [2.45, 2.75) is 40.2 Å². The fourth-order valence-electron chi connectivity index (χ4n) is 2.52. The Morgan fingerprint density at radius 2 is 2.00 bits per heavy atom. The van der Waals surface area contributed by atoms with Crippen molar-refractivity contribution < 1.29 is 19.0 Å². The molecule has 3 nitrogen and oxygen atoms in total. The number of fused-ring (bicyclic) bond motifs is 1. The van der Waals surface area contributed by atoms with Gasteiger partial charge in [0.05, 0.1) is 5.41 Å². The summed E-state index contributed by atoms with van der Waals surface area (Å²) in [5.74, 6) is -1.49. The normalized spacial score (nSPS) is 11.6. The van der Waals surface area contributed by atoms with Crippen molar-refractivity contribution in [3.8, 4) is 5.75 Å². The maximum atomic E-state index is 14.1. The van der Waals surface area contributed by atoms with Crippen LogP contribution in [-0.2, 0) is 16.1 Å². The van der Waals surface area contributed by atoms with Gasteiger partial charge in [0.15, 0.2) is 11.6 Å². The highest BCUT2D eigenvalue weighted by molar-refractivity contribution is 5.85. The Kier molecular flexibility index (Phi) is 4.69. The van der Waals surface area contributed by atoms with Crippen LogP contribution in [0, 0.1) is 11.2 Å². The summed E-state index contributed by atoms with van der Waals surface area (Å²) >= 11 is 0. The van der Waals surface area contributed by atoms with Crippen LogP contribution in [-0.4, -0.2) is 11.1 Å². The summed E-state index contributed by atoms with van der Waals surface area (Å²) in [6, 6.07) is 8.50. The van der Waals surface area contributed by atoms with Gasteiger partial charge in [-0.25, -0.2) is 4.39 Å². The Hall–Kier alpha value is -2.10. The Bertz CT molecular complexity index is 692. The van der Waals surface area contributed by atoms with Gasteiger partial charge in [0.25, 0.3) is 0 Å². The first kappa shape index (κ1) is 16.3. The molecule has 2 rings (SSSR count). The SMILES string of the molecule is CCCC(C)(C)C(=O)OCc1cc2ccccc2c(F)c1O. The number of hydrogen-bond acceptors (Lipinski definition) is 3. The molecule has 2 aromatic carbocycles. The molecule has 22 heavy (non-hydrogen) atoms. The molecule has 1 N–H and O–H groups in total. The number of phenols is 1. The van der Waals surface area contributed by atoms with E-state index >= 15 is 0 Å². The van der Waals surface area contributed by atoms with E-state index in [4.69, 9.17) is 4.74 Å². The van der Waals surface area contributed by atoms with Crippen LogP contribution in [0.25, 0.3) is 10.8 Å². The molecule has 2 aromatic rings. The van der Waals surface area contributed by atoms with Gasteiger partial charge in [-0.1, -0.05) is 37.6 Å². The first-order chi connectivity index (χ1) is 10.4. The van der Waals surface area contributed by atoms with E-state index in [9.17, 15) is 14.3 Å². The van der Waals surface area contributed by atoms with Gasteiger partial charge >= 0.3 is 5.97 Å². The number of benzene rings is 2. The first-order valence-electron chi connectivity index (χ1n) is 7.43. The van der Waals surface area contributed by atoms with Gasteiger partial charge in [0.2, 0.25) is 0 Å². The van der Waals surface area contributed by atoms with Crippen LogP contribution in [0.5, 0.6) is 5.75 Å². The van der Waals surface area contributed by atoms with E-state index in [1.54, 1.807) is 30.3 Å². The molecule has 0 unspecified atom stereocenters. The van der Waals surface area contributed by atoms with E-state index in [0.717, 1.165) is 6.42 Å². The van der Waals surface area contributed by atoms with Gasteiger partial charge in [-0.2, -0.15) is 0 Å². The number of phenolic OH excluding ortho intramolecular Hbond substituents is 1. The summed E-state index contributed by atoms with van der Waals surface area (Å²) in [5.41, 5.74) is -0.309. The molecule has 0 heterocycles. The van der Waals surface area contributed by atoms with E-state index in [0.29, 0.717) is 17.2 Å². The molecular formula is C18H21FO3. The summed E-state index contributed by atoms with van der Waals surface area (Å²) < 4.78 is 19.4. The zero-order chi connectivity index (χ0) is 16.3. The van der Waals surface area contributed by atoms with Crippen molar-refractivity contribution in [3.05, 3.63) is 41.7 Å². The van der Waals surface area contributed by atoms with Crippen LogP contribution in [0.15, 0.2) is 30.3 Å². The summed E-state index contributed by atoms with van der Waals surface area (Å²) in [6.07, 6.45) is 1.59. The van der Waals surface area contributed by atoms with Gasteiger partial charge in [0.1, 0.15) is 6.61 Å². The first-order valence-corrected chi connectivity index (χ1v) is 7.43. The maximum Gasteiger partial charge on any atom is 0.311 e. The molecule has 0 spiro atoms. The largest absolute Gasteiger partial charge is 0.505 e. The molecule has 118 valence electrons. The van der Waals surface area contributed by atoms with Crippen molar-refractivity contribution in [1.82, 2.24) is 0 Å². The lowest BCUT2D eigenvalue weighted by atomic mass is 9.88. The van der Waals surface area contributed by atoms with Crippen LogP contribution in [0.4, 0.5) is 4.39 Å². The highest BCUT2D eigenvalue weighted by Crippen LogP contribution is 2.31. The minimum atomic E-state index is -0.683. The van der Waals surface area contributed by atoms with Gasteiger partial charge in [0, 0.05) is 10.9 Å². The summed E-state index contributed by atoms with van der Waals surface area (Å²) in [5, 5.41) is 11.0. The predicted octanol–water partition coefficient (Wildman–Crippen LogP) is 4.55. The Morgan fingerprint density at radius 1 is 1.32 bits per heavy atom. The standard InChI is InChI=1S/C18H21FO3/c1-4-9-18(2,3)17(21)22-11-13-10-12-7-5-6-8-14(12)15(19)16(13)20/h5-8,10,20H,4,9,11H2,1-3H3. The Morgan fingerprint density at radius 3 is 2.68 bits per heavy atom. The molecule has 4 heteroatoms. The van der Waals surface area contributed by atoms with Crippen molar-refractivity contribution in [3.63, 3.8) is 0 Å². The highest BCUT2D eigenvalue weighted by Gasteiger charge is 2.28. The molecule has 0 amide bonds. The lowest BCUT2D eigenvalue weighted by Gasteiger charge is -2.22. The predicted molar refractivity (Wildman–Crippen MR) is 84.1 cm³/mol. The fraction of sp³-hybridized carbons (Fsp3) is 0.389. The van der Waals surface area contributed by atoms with E-state index < -0.39 is 17.0 Å². The third-order valence-corrected chi connectivity index (χ3v) is 3.83. The number of carbonyl (C=O) groups excluding carboxylic acids is 1. The minimum absolute atomic E-state index is 0.139. The average molecular weight is 304 g/mol. The summed E-state index contributed by atoms with van der Waals surface area (Å²) in [4.78, 5) is 12.1. The highest BCUT2D eigenvalue weighted by atomic mass is 19.1. The molecule has 0 radical (unpaired) electrons. The lowest BCUT2D eigenvalue weighted by molar-refractivity contribution is -0.155. The minimum Gasteiger partial charge on any atom is -0.505 e. The topological polar surface area (TPSA) is 46.5 Å². The molecule has 0 atom stereocenters. The zero-order valence-corrected chi connectivity index (χ0v) is 13.1. The number of ether oxygens (including phenoxy) is 1. The van der Waals surface area contributed by atoms with E-state index in [2.05, 4.69) is 0 Å². The summed E-state index contributed by atoms with van der Waals surface area (Å²) in [7, 11) is 0. The number of hydrogen-bond donors (Lipinski definition) is 1. The maximum absolute atomic E-state index is 14.1. The van der Waals surface area contributed by atoms with E-state index in [-0.39, 0.29) is 18.1 Å². The number of carbonyl (C=O) groups is 1. The van der Waals surface area contributed by atoms with Gasteiger partial charge < -0.3 is 9.84 Å². The van der Waals surface area contributed by atoms with E-state index in [1.807, 2.05) is 20.8 Å². The van der Waals surface area contributed by atoms with Crippen molar-refractivity contribution >= 4 is 16.7 Å². The van der Waals surface area contributed by atoms with Crippen LogP contribution in [0.2, 0.25) is 0 Å². The smallest absolute Gasteiger partial charge is 0.311 e. The third kappa shape index (κ3) is 3.21. The van der Waals surface area contributed by atoms with Crippen LogP contribution >= 0.6 is 0 Å². The van der Waals surface area contributed by atoms with Gasteiger partial charge in [-0.05, 0) is 31.7 Å². The van der Waals surface area contributed by atoms with E-state index in [1.165, 1.54) is 0 Å². The van der Waals surface area contributed by atoms with Crippen LogP contribution < -0.4 is 0 Å². The van der Waals surface area contributed by atoms with Crippen molar-refractivity contribution in [2.75, 3.05) is 0 Å². The molecule has 0 aliphatic heterocycles. The molecule has 0 aliphatic carbocycles. The van der Waals surface area contributed by atoms with Crippen molar-refractivity contribution in [1.29, 1.82) is 0 Å². The number of aromatic hydroxyl groups is 1. The molecule has 0 aromatic heterocycles.